The number of rotatable bonds is 14. The first-order valence-corrected chi connectivity index (χ1v) is 19.5. The van der Waals surface area contributed by atoms with E-state index in [0.29, 0.717) is 45.7 Å². The summed E-state index contributed by atoms with van der Waals surface area (Å²) >= 11 is 24.5. The Labute approximate surface area is 325 Å². The van der Waals surface area contributed by atoms with Crippen molar-refractivity contribution in [3.8, 4) is 11.5 Å². The van der Waals surface area contributed by atoms with E-state index in [0.717, 1.165) is 98.7 Å². The number of halogens is 4. The summed E-state index contributed by atoms with van der Waals surface area (Å²) in [5.74, 6) is 2.49. The third kappa shape index (κ3) is 9.98. The van der Waals surface area contributed by atoms with Crippen molar-refractivity contribution in [1.82, 2.24) is 20.4 Å². The van der Waals surface area contributed by atoms with Gasteiger partial charge in [0, 0.05) is 50.1 Å². The molecule has 4 heterocycles. The van der Waals surface area contributed by atoms with Crippen molar-refractivity contribution in [1.29, 1.82) is 0 Å². The molecule has 0 bridgehead atoms. The Morgan fingerprint density at radius 2 is 1.00 bits per heavy atom. The summed E-state index contributed by atoms with van der Waals surface area (Å²) in [6.45, 7) is 8.82. The van der Waals surface area contributed by atoms with E-state index >= 15 is 0 Å². The maximum absolute atomic E-state index is 13.5. The number of carbonyl (C=O) groups excluding carboxylic acids is 1. The monoisotopic (exact) mass is 784 g/mol. The molecule has 2 fully saturated rings. The number of hydrogen-bond acceptors (Lipinski definition) is 9. The highest BCUT2D eigenvalue weighted by Gasteiger charge is 2.25. The van der Waals surface area contributed by atoms with Gasteiger partial charge in [-0.3, -0.25) is 4.79 Å². The van der Waals surface area contributed by atoms with Gasteiger partial charge in [-0.25, -0.2) is 0 Å². The van der Waals surface area contributed by atoms with Crippen LogP contribution in [0.1, 0.15) is 75.3 Å². The van der Waals surface area contributed by atoms with Gasteiger partial charge >= 0.3 is 0 Å². The molecule has 2 atom stereocenters. The SMILES string of the molecule is CC(C(=O)C(C)c1ccc(OCCC2CCN(c3cc(Cl)nnc3Cl)CC2)cc1)c1ccc(OCCC2CCN(c3cc(Cl)nnc3Cl)CC2)cc1. The van der Waals surface area contributed by atoms with Gasteiger partial charge in [0.05, 0.1) is 24.6 Å². The molecule has 6 rings (SSSR count). The number of anilines is 2. The van der Waals surface area contributed by atoms with Crippen LogP contribution in [0.25, 0.3) is 0 Å². The predicted molar refractivity (Wildman–Crippen MR) is 209 cm³/mol. The van der Waals surface area contributed by atoms with Crippen LogP contribution in [0.2, 0.25) is 20.6 Å². The molecule has 2 aromatic heterocycles. The van der Waals surface area contributed by atoms with E-state index in [1.807, 2.05) is 62.4 Å². The highest BCUT2D eigenvalue weighted by atomic mass is 35.5. The standard InChI is InChI=1S/C39H44Cl4N6O3/c1-25(29-3-7-31(8-4-29)51-21-15-27-11-17-48(18-12-27)33-23-35(40)44-46-38(33)42)37(50)26(2)30-5-9-32(10-6-30)52-22-16-28-13-19-49(20-14-28)34-24-36(41)45-47-39(34)43/h3-10,23-28H,11-22H2,1-2H3. The highest BCUT2D eigenvalue weighted by Crippen LogP contribution is 2.33. The quantitative estimate of drug-likeness (QED) is 0.124. The van der Waals surface area contributed by atoms with Gasteiger partial charge in [0.2, 0.25) is 0 Å². The molecule has 13 heteroatoms. The Hall–Kier alpha value is -3.37. The number of aromatic nitrogens is 4. The molecule has 4 aromatic rings. The predicted octanol–water partition coefficient (Wildman–Crippen LogP) is 9.73. The highest BCUT2D eigenvalue weighted by molar-refractivity contribution is 6.34. The average Bonchev–Trinajstić information content (AvgIpc) is 3.17. The van der Waals surface area contributed by atoms with Crippen LogP contribution in [0.5, 0.6) is 11.5 Å². The summed E-state index contributed by atoms with van der Waals surface area (Å²) < 4.78 is 12.2. The number of Topliss-reactive ketones (excluding diaryl/α,β-unsaturated/α-hetero) is 1. The van der Waals surface area contributed by atoms with Crippen LogP contribution in [0.4, 0.5) is 11.4 Å². The van der Waals surface area contributed by atoms with E-state index in [1.165, 1.54) is 0 Å². The number of benzene rings is 2. The van der Waals surface area contributed by atoms with Crippen LogP contribution >= 0.6 is 46.4 Å². The van der Waals surface area contributed by atoms with Crippen LogP contribution in [0.15, 0.2) is 60.7 Å². The molecule has 2 saturated heterocycles. The zero-order valence-electron chi connectivity index (χ0n) is 29.5. The Morgan fingerprint density at radius 1 is 0.635 bits per heavy atom. The topological polar surface area (TPSA) is 93.6 Å². The van der Waals surface area contributed by atoms with Gasteiger partial charge in [-0.05, 0) is 85.8 Å². The van der Waals surface area contributed by atoms with Crippen LogP contribution in [0.3, 0.4) is 0 Å². The molecule has 2 unspecified atom stereocenters. The van der Waals surface area contributed by atoms with Crippen molar-refractivity contribution in [2.45, 2.75) is 64.2 Å². The van der Waals surface area contributed by atoms with Crippen molar-refractivity contribution in [3.05, 3.63) is 92.4 Å². The average molecular weight is 787 g/mol. The van der Waals surface area contributed by atoms with E-state index in [1.54, 1.807) is 12.1 Å². The Kier molecular flexibility index (Phi) is 13.4. The Morgan fingerprint density at radius 3 is 1.37 bits per heavy atom. The van der Waals surface area contributed by atoms with E-state index in [-0.39, 0.29) is 17.6 Å². The number of ketones is 1. The fourth-order valence-corrected chi connectivity index (χ4v) is 7.86. The van der Waals surface area contributed by atoms with E-state index in [2.05, 4.69) is 30.2 Å². The molecule has 2 aromatic carbocycles. The summed E-state index contributed by atoms with van der Waals surface area (Å²) in [6.07, 6.45) is 6.15. The van der Waals surface area contributed by atoms with Crippen molar-refractivity contribution in [2.75, 3.05) is 49.2 Å². The van der Waals surface area contributed by atoms with Gasteiger partial charge < -0.3 is 19.3 Å². The lowest BCUT2D eigenvalue weighted by molar-refractivity contribution is -0.121. The second kappa shape index (κ2) is 18.1. The summed E-state index contributed by atoms with van der Waals surface area (Å²) in [5.41, 5.74) is 3.65. The van der Waals surface area contributed by atoms with Gasteiger partial charge in [0.25, 0.3) is 0 Å². The number of carbonyl (C=O) groups is 1. The summed E-state index contributed by atoms with van der Waals surface area (Å²) in [7, 11) is 0. The number of nitrogens with zero attached hydrogens (tertiary/aromatic N) is 6. The maximum atomic E-state index is 13.5. The minimum atomic E-state index is -0.238. The number of ether oxygens (including phenoxy) is 2. The van der Waals surface area contributed by atoms with E-state index in [9.17, 15) is 4.79 Å². The third-order valence-corrected chi connectivity index (χ3v) is 11.4. The lowest BCUT2D eigenvalue weighted by atomic mass is 9.86. The van der Waals surface area contributed by atoms with E-state index in [4.69, 9.17) is 55.9 Å². The molecule has 0 saturated carbocycles. The van der Waals surface area contributed by atoms with E-state index < -0.39 is 0 Å². The van der Waals surface area contributed by atoms with Crippen molar-refractivity contribution in [2.24, 2.45) is 11.8 Å². The van der Waals surface area contributed by atoms with Crippen LogP contribution in [0, 0.1) is 11.8 Å². The number of hydrogen-bond donors (Lipinski definition) is 0. The van der Waals surface area contributed by atoms with Gasteiger partial charge in [0.15, 0.2) is 20.6 Å². The minimum Gasteiger partial charge on any atom is -0.494 e. The fraction of sp³-hybridized carbons (Fsp3) is 0.462. The molecule has 0 amide bonds. The molecule has 2 aliphatic rings. The zero-order chi connectivity index (χ0) is 36.6. The lowest BCUT2D eigenvalue weighted by Crippen LogP contribution is -2.34. The molecule has 9 nitrogen and oxygen atoms in total. The van der Waals surface area contributed by atoms with Gasteiger partial charge in [-0.15, -0.1) is 20.4 Å². The summed E-state index contributed by atoms with van der Waals surface area (Å²) in [6, 6.07) is 19.4. The van der Waals surface area contributed by atoms with Gasteiger partial charge in [0.1, 0.15) is 17.3 Å². The number of piperidine rings is 2. The van der Waals surface area contributed by atoms with Crippen LogP contribution < -0.4 is 19.3 Å². The minimum absolute atomic E-state index is 0.178. The lowest BCUT2D eigenvalue weighted by Gasteiger charge is -2.33. The smallest absolute Gasteiger partial charge is 0.175 e. The molecule has 276 valence electrons. The summed E-state index contributed by atoms with van der Waals surface area (Å²) in [5, 5.41) is 16.9. The molecule has 0 N–H and O–H groups in total. The Balaban J connectivity index is 0.891. The first-order valence-electron chi connectivity index (χ1n) is 18.0. The van der Waals surface area contributed by atoms with Crippen LogP contribution in [-0.2, 0) is 4.79 Å². The van der Waals surface area contributed by atoms with Crippen molar-refractivity contribution < 1.29 is 14.3 Å². The molecule has 0 spiro atoms. The maximum Gasteiger partial charge on any atom is 0.175 e. The fourth-order valence-electron chi connectivity index (χ4n) is 7.15. The summed E-state index contributed by atoms with van der Waals surface area (Å²) in [4.78, 5) is 17.9. The molecule has 52 heavy (non-hydrogen) atoms. The zero-order valence-corrected chi connectivity index (χ0v) is 32.5. The molecule has 0 radical (unpaired) electrons. The Bertz CT molecular complexity index is 1650. The van der Waals surface area contributed by atoms with Gasteiger partial charge in [-0.1, -0.05) is 84.5 Å². The molecule has 0 aliphatic carbocycles. The normalized spacial score (nSPS) is 16.8. The van der Waals surface area contributed by atoms with Gasteiger partial charge in [-0.2, -0.15) is 0 Å². The molecule has 2 aliphatic heterocycles. The largest absolute Gasteiger partial charge is 0.494 e. The first-order chi connectivity index (χ1) is 25.1. The van der Waals surface area contributed by atoms with Crippen LogP contribution in [-0.4, -0.2) is 65.6 Å². The third-order valence-electron chi connectivity index (χ3n) is 10.5. The molecular weight excluding hydrogens is 742 g/mol. The second-order valence-corrected chi connectivity index (χ2v) is 15.3. The van der Waals surface area contributed by atoms with Crippen molar-refractivity contribution >= 4 is 63.6 Å². The first kappa shape index (κ1) is 38.4. The second-order valence-electron chi connectivity index (χ2n) is 13.8. The molecular formula is C39H44Cl4N6O3. The van der Waals surface area contributed by atoms with Crippen molar-refractivity contribution in [3.63, 3.8) is 0 Å².